The summed E-state index contributed by atoms with van der Waals surface area (Å²) in [7, 11) is 1.56. The number of carbonyl (C=O) groups excluding carboxylic acids is 1. The number of hydrogen-bond acceptors (Lipinski definition) is 6. The molecule has 2 N–H and O–H groups in total. The van der Waals surface area contributed by atoms with Crippen molar-refractivity contribution in [3.05, 3.63) is 111 Å². The zero-order valence-electron chi connectivity index (χ0n) is 28.7. The van der Waals surface area contributed by atoms with Crippen molar-refractivity contribution >= 4 is 23.7 Å². The third-order valence-electron chi connectivity index (χ3n) is 9.75. The predicted octanol–water partition coefficient (Wildman–Crippen LogP) is 7.98. The summed E-state index contributed by atoms with van der Waals surface area (Å²) >= 11 is 0. The maximum Gasteiger partial charge on any atom is 0.416 e. The van der Waals surface area contributed by atoms with E-state index < -0.39 is 11.7 Å². The lowest BCUT2D eigenvalue weighted by Gasteiger charge is -2.18. The van der Waals surface area contributed by atoms with Crippen molar-refractivity contribution < 1.29 is 27.8 Å². The van der Waals surface area contributed by atoms with Crippen LogP contribution in [0.5, 0.6) is 5.75 Å². The second-order valence-electron chi connectivity index (χ2n) is 13.2. The highest BCUT2D eigenvalue weighted by atomic mass is 19.4. The van der Waals surface area contributed by atoms with E-state index in [4.69, 9.17) is 4.74 Å². The fraction of sp³-hybridized carbons (Fsp3) is 0.350. The molecular formula is C40H43F3N4O3. The first-order valence-corrected chi connectivity index (χ1v) is 17.0. The maximum atomic E-state index is 14.0. The largest absolute Gasteiger partial charge is 0.496 e. The fourth-order valence-corrected chi connectivity index (χ4v) is 6.96. The predicted molar refractivity (Wildman–Crippen MR) is 191 cm³/mol. The number of likely N-dealkylation sites (tertiary alicyclic amines) is 2. The van der Waals surface area contributed by atoms with E-state index in [1.165, 1.54) is 6.07 Å². The molecule has 3 heterocycles. The van der Waals surface area contributed by atoms with E-state index in [1.807, 2.05) is 50.2 Å². The highest BCUT2D eigenvalue weighted by Crippen LogP contribution is 2.36. The van der Waals surface area contributed by atoms with Gasteiger partial charge in [0.05, 0.1) is 18.8 Å². The molecule has 0 unspecified atom stereocenters. The summed E-state index contributed by atoms with van der Waals surface area (Å²) in [6.07, 6.45) is 3.11. The molecule has 3 aromatic carbocycles. The van der Waals surface area contributed by atoms with Crippen LogP contribution in [0.25, 0.3) is 23.3 Å². The zero-order chi connectivity index (χ0) is 35.4. The van der Waals surface area contributed by atoms with E-state index in [1.54, 1.807) is 43.7 Å². The number of aliphatic hydroxyl groups is 1. The number of β-amino-alcohol motifs (C(OH)–C–C–N with tert-alkyl or cyclic N) is 1. The summed E-state index contributed by atoms with van der Waals surface area (Å²) in [5.74, 6) is 0.172. The average Bonchev–Trinajstić information content (AvgIpc) is 3.76. The van der Waals surface area contributed by atoms with Crippen LogP contribution in [0.2, 0.25) is 0 Å². The molecule has 7 nitrogen and oxygen atoms in total. The van der Waals surface area contributed by atoms with Gasteiger partial charge in [-0.25, -0.2) is 0 Å². The van der Waals surface area contributed by atoms with Gasteiger partial charge in [0, 0.05) is 49.7 Å². The number of aliphatic hydroxyl groups excluding tert-OH is 1. The van der Waals surface area contributed by atoms with Crippen LogP contribution in [0, 0.1) is 13.8 Å². The van der Waals surface area contributed by atoms with Crippen molar-refractivity contribution in [1.29, 1.82) is 0 Å². The molecule has 4 aromatic rings. The molecule has 6 rings (SSSR count). The van der Waals surface area contributed by atoms with Crippen LogP contribution in [0.1, 0.15) is 68.7 Å². The monoisotopic (exact) mass is 684 g/mol. The van der Waals surface area contributed by atoms with Gasteiger partial charge in [-0.3, -0.25) is 19.6 Å². The van der Waals surface area contributed by atoms with Crippen LogP contribution in [0.4, 0.5) is 18.9 Å². The number of amides is 1. The van der Waals surface area contributed by atoms with Gasteiger partial charge in [0.2, 0.25) is 0 Å². The van der Waals surface area contributed by atoms with Gasteiger partial charge in [0.15, 0.2) is 0 Å². The molecule has 10 heteroatoms. The summed E-state index contributed by atoms with van der Waals surface area (Å²) in [5, 5.41) is 12.9. The Balaban J connectivity index is 1.22. The summed E-state index contributed by atoms with van der Waals surface area (Å²) < 4.78 is 47.6. The molecule has 2 aliphatic heterocycles. The molecule has 0 bridgehead atoms. The number of pyridine rings is 1. The lowest BCUT2D eigenvalue weighted by atomic mass is 9.92. The van der Waals surface area contributed by atoms with E-state index in [9.17, 15) is 23.1 Å². The van der Waals surface area contributed by atoms with E-state index >= 15 is 0 Å². The minimum Gasteiger partial charge on any atom is -0.496 e. The zero-order valence-corrected chi connectivity index (χ0v) is 28.7. The number of hydrogen-bond donors (Lipinski definition) is 2. The standard InChI is InChI=1S/C40H43F3N4O3/c1-26-29(13-14-30-20-28(23-46-17-4-5-18-46)12-15-35(30)40(41,42)43)8-6-9-33(26)34-10-7-11-36(27(34)2)45-39(49)37-21-38(50-3)31(22-44-37)24-47-19-16-32(48)25-47/h6-15,20-22,32,48H,4-5,16-19,23-25H2,1-3H3,(H,45,49)/b14-13+/t32-/m1/s1. The van der Waals surface area contributed by atoms with Crippen LogP contribution >= 0.6 is 0 Å². The first-order valence-electron chi connectivity index (χ1n) is 17.0. The number of rotatable bonds is 10. The Morgan fingerprint density at radius 2 is 1.66 bits per heavy atom. The van der Waals surface area contributed by atoms with Crippen molar-refractivity contribution in [2.45, 2.75) is 58.5 Å². The molecule has 2 aliphatic rings. The van der Waals surface area contributed by atoms with E-state index in [0.29, 0.717) is 31.1 Å². The number of ether oxygens (including phenoxy) is 1. The summed E-state index contributed by atoms with van der Waals surface area (Å²) in [5.41, 5.74) is 6.39. The van der Waals surface area contributed by atoms with Crippen molar-refractivity contribution in [2.24, 2.45) is 0 Å². The first kappa shape index (κ1) is 35.3. The van der Waals surface area contributed by atoms with Crippen LogP contribution in [-0.4, -0.2) is 65.2 Å². The second kappa shape index (κ2) is 15.2. The van der Waals surface area contributed by atoms with Gasteiger partial charge in [0.25, 0.3) is 5.91 Å². The van der Waals surface area contributed by atoms with E-state index in [0.717, 1.165) is 77.8 Å². The van der Waals surface area contributed by atoms with Crippen LogP contribution in [0.15, 0.2) is 66.9 Å². The molecule has 0 radical (unpaired) electrons. The molecule has 0 aliphatic carbocycles. The van der Waals surface area contributed by atoms with Crippen molar-refractivity contribution in [3.8, 4) is 16.9 Å². The number of nitrogens with one attached hydrogen (secondary N) is 1. The molecular weight excluding hydrogens is 641 g/mol. The normalized spacial score (nSPS) is 17.1. The Morgan fingerprint density at radius 3 is 2.36 bits per heavy atom. The summed E-state index contributed by atoms with van der Waals surface area (Å²) in [6, 6.07) is 17.5. The molecule has 1 amide bonds. The molecule has 50 heavy (non-hydrogen) atoms. The molecule has 262 valence electrons. The smallest absolute Gasteiger partial charge is 0.416 e. The van der Waals surface area contributed by atoms with Crippen molar-refractivity contribution in [2.75, 3.05) is 38.6 Å². The van der Waals surface area contributed by atoms with Gasteiger partial charge in [-0.15, -0.1) is 0 Å². The number of alkyl halides is 3. The molecule has 2 fully saturated rings. The molecule has 0 spiro atoms. The Labute approximate surface area is 291 Å². The van der Waals surface area contributed by atoms with Crippen molar-refractivity contribution in [3.63, 3.8) is 0 Å². The summed E-state index contributed by atoms with van der Waals surface area (Å²) in [6.45, 7) is 8.39. The van der Waals surface area contributed by atoms with E-state index in [2.05, 4.69) is 20.1 Å². The lowest BCUT2D eigenvalue weighted by molar-refractivity contribution is -0.137. The average molecular weight is 685 g/mol. The topological polar surface area (TPSA) is 77.9 Å². The quantitative estimate of drug-likeness (QED) is 0.165. The van der Waals surface area contributed by atoms with Crippen LogP contribution in [0.3, 0.4) is 0 Å². The molecule has 2 saturated heterocycles. The summed E-state index contributed by atoms with van der Waals surface area (Å²) in [4.78, 5) is 22.2. The SMILES string of the molecule is COc1cc(C(=O)Nc2cccc(-c3cccc(/C=C/c4cc(CN5CCCC5)ccc4C(F)(F)F)c3C)c2C)ncc1CN1CC[C@@H](O)C1. The number of nitrogens with zero attached hydrogens (tertiary/aromatic N) is 3. The maximum absolute atomic E-state index is 14.0. The minimum atomic E-state index is -4.47. The van der Waals surface area contributed by atoms with Crippen LogP contribution in [-0.2, 0) is 19.3 Å². The molecule has 0 saturated carbocycles. The lowest BCUT2D eigenvalue weighted by Crippen LogP contribution is -2.22. The van der Waals surface area contributed by atoms with Gasteiger partial charge in [-0.05, 0) is 103 Å². The van der Waals surface area contributed by atoms with Gasteiger partial charge in [-0.1, -0.05) is 48.6 Å². The Morgan fingerprint density at radius 1 is 0.940 bits per heavy atom. The Kier molecular flexibility index (Phi) is 10.7. The van der Waals surface area contributed by atoms with Crippen molar-refractivity contribution in [1.82, 2.24) is 14.8 Å². The fourth-order valence-electron chi connectivity index (χ4n) is 6.96. The molecule has 1 aromatic heterocycles. The number of carbonyl (C=O) groups is 1. The van der Waals surface area contributed by atoms with Gasteiger partial charge in [0.1, 0.15) is 11.4 Å². The number of benzene rings is 3. The second-order valence-corrected chi connectivity index (χ2v) is 13.2. The Bertz CT molecular complexity index is 1880. The number of methoxy groups -OCH3 is 1. The number of anilines is 1. The third-order valence-corrected chi connectivity index (χ3v) is 9.75. The van der Waals surface area contributed by atoms with Gasteiger partial charge >= 0.3 is 6.18 Å². The third kappa shape index (κ3) is 8.09. The number of halogens is 3. The first-order chi connectivity index (χ1) is 24.0. The number of aromatic nitrogens is 1. The van der Waals surface area contributed by atoms with Crippen LogP contribution < -0.4 is 10.1 Å². The van der Waals surface area contributed by atoms with E-state index in [-0.39, 0.29) is 23.3 Å². The molecule has 1 atom stereocenters. The highest BCUT2D eigenvalue weighted by molar-refractivity contribution is 6.04. The van der Waals surface area contributed by atoms with Gasteiger partial charge < -0.3 is 15.2 Å². The Hall–Kier alpha value is -4.51. The van der Waals surface area contributed by atoms with Gasteiger partial charge in [-0.2, -0.15) is 13.2 Å². The highest BCUT2D eigenvalue weighted by Gasteiger charge is 2.33. The minimum absolute atomic E-state index is 0.146.